The Balaban J connectivity index is 0.00000220. The van der Waals surface area contributed by atoms with Gasteiger partial charge in [-0.2, -0.15) is 0 Å². The fourth-order valence-corrected chi connectivity index (χ4v) is 1.81. The van der Waals surface area contributed by atoms with Crippen molar-refractivity contribution in [3.63, 3.8) is 0 Å². The number of rotatable bonds is 3. The molecule has 3 nitrogen and oxygen atoms in total. The van der Waals surface area contributed by atoms with Crippen molar-refractivity contribution in [2.75, 3.05) is 0 Å². The van der Waals surface area contributed by atoms with E-state index >= 15 is 0 Å². The first kappa shape index (κ1) is 17.1. The second-order valence-electron chi connectivity index (χ2n) is 4.15. The minimum Gasteiger partial charge on any atom is -0.508 e. The van der Waals surface area contributed by atoms with E-state index in [2.05, 4.69) is 4.74 Å². The molecule has 7 heteroatoms. The Morgan fingerprint density at radius 2 is 1.57 bits per heavy atom. The summed E-state index contributed by atoms with van der Waals surface area (Å²) < 4.78 is 39.9. The van der Waals surface area contributed by atoms with Gasteiger partial charge in [0.25, 0.3) is 0 Å². The molecule has 0 aliphatic heterocycles. The Morgan fingerprint density at radius 1 is 1.00 bits per heavy atom. The number of hydrogen-bond donors (Lipinski definition) is 2. The fraction of sp³-hybridized carbons (Fsp3) is 0.143. The molecule has 0 saturated carbocycles. The number of hydrogen-bond acceptors (Lipinski definition) is 3. The van der Waals surface area contributed by atoms with E-state index in [1.165, 1.54) is 30.3 Å². The summed E-state index contributed by atoms with van der Waals surface area (Å²) in [4.78, 5) is 0. The van der Waals surface area contributed by atoms with Crippen LogP contribution >= 0.6 is 12.4 Å². The zero-order valence-electron chi connectivity index (χ0n) is 10.7. The summed E-state index contributed by atoms with van der Waals surface area (Å²) >= 11 is 0. The van der Waals surface area contributed by atoms with Gasteiger partial charge in [0.05, 0.1) is 6.04 Å². The Bertz CT molecular complexity index is 588. The van der Waals surface area contributed by atoms with Crippen molar-refractivity contribution >= 4 is 12.4 Å². The standard InChI is InChI=1S/C14H12F3NO2.ClH/c15-14(16,17)20-10-7-5-9(6-8-10)13(18)11-3-1-2-4-12(11)19;/h1-8,13,19H,18H2;1H/t13-;/m1./s1. The van der Waals surface area contributed by atoms with Gasteiger partial charge in [-0.1, -0.05) is 30.3 Å². The van der Waals surface area contributed by atoms with Crippen LogP contribution in [0.4, 0.5) is 13.2 Å². The molecule has 0 fully saturated rings. The predicted molar refractivity (Wildman–Crippen MR) is 74.5 cm³/mol. The van der Waals surface area contributed by atoms with E-state index < -0.39 is 12.4 Å². The van der Waals surface area contributed by atoms with E-state index in [0.717, 1.165) is 0 Å². The summed E-state index contributed by atoms with van der Waals surface area (Å²) in [5.74, 6) is -0.277. The highest BCUT2D eigenvalue weighted by Crippen LogP contribution is 2.29. The Hall–Kier alpha value is -1.92. The predicted octanol–water partition coefficient (Wildman–Crippen LogP) is 3.76. The van der Waals surface area contributed by atoms with Crippen molar-refractivity contribution in [2.45, 2.75) is 12.4 Å². The molecule has 0 bridgehead atoms. The van der Waals surface area contributed by atoms with Crippen molar-refractivity contribution in [1.29, 1.82) is 0 Å². The topological polar surface area (TPSA) is 55.5 Å². The molecule has 0 aliphatic rings. The number of phenols is 1. The van der Waals surface area contributed by atoms with Crippen LogP contribution in [0.25, 0.3) is 0 Å². The molecule has 0 radical (unpaired) electrons. The molecule has 21 heavy (non-hydrogen) atoms. The van der Waals surface area contributed by atoms with Crippen LogP contribution in [0.1, 0.15) is 17.2 Å². The van der Waals surface area contributed by atoms with Crippen molar-refractivity contribution in [1.82, 2.24) is 0 Å². The summed E-state index contributed by atoms with van der Waals surface area (Å²) in [6.07, 6.45) is -4.72. The molecule has 114 valence electrons. The molecule has 0 aliphatic carbocycles. The number of benzene rings is 2. The lowest BCUT2D eigenvalue weighted by atomic mass is 9.99. The lowest BCUT2D eigenvalue weighted by molar-refractivity contribution is -0.274. The molecule has 0 unspecified atom stereocenters. The summed E-state index contributed by atoms with van der Waals surface area (Å²) in [6, 6.07) is 11.1. The smallest absolute Gasteiger partial charge is 0.508 e. The molecule has 2 aromatic carbocycles. The van der Waals surface area contributed by atoms with Crippen molar-refractivity contribution in [3.8, 4) is 11.5 Å². The van der Waals surface area contributed by atoms with Crippen molar-refractivity contribution < 1.29 is 23.0 Å². The SMILES string of the molecule is Cl.N[C@H](c1ccc(OC(F)(F)F)cc1)c1ccccc1O. The van der Waals surface area contributed by atoms with E-state index in [1.807, 2.05) is 0 Å². The second kappa shape index (κ2) is 6.69. The summed E-state index contributed by atoms with van der Waals surface area (Å²) in [7, 11) is 0. The summed E-state index contributed by atoms with van der Waals surface area (Å²) in [5.41, 5.74) is 7.04. The first-order valence-corrected chi connectivity index (χ1v) is 5.76. The van der Waals surface area contributed by atoms with Crippen LogP contribution in [0.15, 0.2) is 48.5 Å². The minimum absolute atomic E-state index is 0. The van der Waals surface area contributed by atoms with Gasteiger partial charge < -0.3 is 15.6 Å². The number of nitrogens with two attached hydrogens (primary N) is 1. The zero-order valence-corrected chi connectivity index (χ0v) is 11.5. The maximum atomic E-state index is 12.0. The van der Waals surface area contributed by atoms with Crippen molar-refractivity contribution in [3.05, 3.63) is 59.7 Å². The molecule has 3 N–H and O–H groups in total. The van der Waals surface area contributed by atoms with Gasteiger partial charge >= 0.3 is 6.36 Å². The number of ether oxygens (including phenoxy) is 1. The minimum atomic E-state index is -4.72. The molecule has 0 heterocycles. The number of halogens is 4. The largest absolute Gasteiger partial charge is 0.573 e. The maximum absolute atomic E-state index is 12.0. The highest BCUT2D eigenvalue weighted by Gasteiger charge is 2.31. The molecule has 2 rings (SSSR count). The van der Waals surface area contributed by atoms with Gasteiger partial charge in [-0.25, -0.2) is 0 Å². The summed E-state index contributed by atoms with van der Waals surface area (Å²) in [6.45, 7) is 0. The summed E-state index contributed by atoms with van der Waals surface area (Å²) in [5, 5.41) is 9.70. The molecule has 0 aromatic heterocycles. The number of para-hydroxylation sites is 1. The molecule has 1 atom stereocenters. The van der Waals surface area contributed by atoms with Gasteiger partial charge in [-0.3, -0.25) is 0 Å². The number of alkyl halides is 3. The lowest BCUT2D eigenvalue weighted by Gasteiger charge is -2.15. The first-order valence-electron chi connectivity index (χ1n) is 5.76. The quantitative estimate of drug-likeness (QED) is 0.905. The molecule has 0 saturated heterocycles. The molecule has 0 spiro atoms. The van der Waals surface area contributed by atoms with E-state index in [0.29, 0.717) is 11.1 Å². The first-order chi connectivity index (χ1) is 9.37. The molecule has 0 amide bonds. The van der Waals surface area contributed by atoms with Crippen LogP contribution in [0.5, 0.6) is 11.5 Å². The van der Waals surface area contributed by atoms with Crippen LogP contribution in [0.3, 0.4) is 0 Å². The number of aromatic hydroxyl groups is 1. The van der Waals surface area contributed by atoms with E-state index in [1.54, 1.807) is 18.2 Å². The molecular weight excluding hydrogens is 307 g/mol. The Labute approximate surface area is 125 Å². The van der Waals surface area contributed by atoms with Crippen LogP contribution < -0.4 is 10.5 Å². The maximum Gasteiger partial charge on any atom is 0.573 e. The van der Waals surface area contributed by atoms with Gasteiger partial charge in [0.2, 0.25) is 0 Å². The van der Waals surface area contributed by atoms with Crippen LogP contribution in [0, 0.1) is 0 Å². The van der Waals surface area contributed by atoms with Gasteiger partial charge in [-0.15, -0.1) is 25.6 Å². The van der Waals surface area contributed by atoms with Crippen LogP contribution in [-0.4, -0.2) is 11.5 Å². The van der Waals surface area contributed by atoms with Gasteiger partial charge in [0, 0.05) is 5.56 Å². The fourth-order valence-electron chi connectivity index (χ4n) is 1.81. The monoisotopic (exact) mass is 319 g/mol. The van der Waals surface area contributed by atoms with Crippen molar-refractivity contribution in [2.24, 2.45) is 5.73 Å². The normalized spacial score (nSPS) is 12.4. The highest BCUT2D eigenvalue weighted by atomic mass is 35.5. The molecule has 2 aromatic rings. The van der Waals surface area contributed by atoms with E-state index in [4.69, 9.17) is 5.73 Å². The zero-order chi connectivity index (χ0) is 14.8. The number of phenolic OH excluding ortho intramolecular Hbond substituents is 1. The third-order valence-electron chi connectivity index (χ3n) is 2.74. The van der Waals surface area contributed by atoms with E-state index in [9.17, 15) is 18.3 Å². The average Bonchev–Trinajstić information content (AvgIpc) is 2.37. The van der Waals surface area contributed by atoms with Crippen LogP contribution in [-0.2, 0) is 0 Å². The molecular formula is C14H13ClF3NO2. The highest BCUT2D eigenvalue weighted by molar-refractivity contribution is 5.85. The third-order valence-corrected chi connectivity index (χ3v) is 2.74. The van der Waals surface area contributed by atoms with Gasteiger partial charge in [0.15, 0.2) is 0 Å². The Morgan fingerprint density at radius 3 is 2.10 bits per heavy atom. The van der Waals surface area contributed by atoms with Crippen LogP contribution in [0.2, 0.25) is 0 Å². The second-order valence-corrected chi connectivity index (χ2v) is 4.15. The van der Waals surface area contributed by atoms with Gasteiger partial charge in [-0.05, 0) is 23.8 Å². The van der Waals surface area contributed by atoms with E-state index in [-0.39, 0.29) is 23.9 Å². The Kier molecular flexibility index (Phi) is 5.46. The lowest BCUT2D eigenvalue weighted by Crippen LogP contribution is -2.17. The third kappa shape index (κ3) is 4.54. The van der Waals surface area contributed by atoms with Gasteiger partial charge in [0.1, 0.15) is 11.5 Å². The average molecular weight is 320 g/mol.